The normalized spacial score (nSPS) is 22.8. The molecule has 1 aliphatic carbocycles. The minimum absolute atomic E-state index is 0.0240. The fraction of sp³-hybridized carbons (Fsp3) is 0.571. The summed E-state index contributed by atoms with van der Waals surface area (Å²) in [4.78, 5) is -0.0240. The van der Waals surface area contributed by atoms with Gasteiger partial charge in [-0.1, -0.05) is 19.1 Å². The lowest BCUT2D eigenvalue weighted by atomic mass is 9.76. The summed E-state index contributed by atoms with van der Waals surface area (Å²) in [5, 5.41) is 3.36. The van der Waals surface area contributed by atoms with Crippen molar-refractivity contribution in [3.8, 4) is 0 Å². The first kappa shape index (κ1) is 15.4. The molecule has 0 bridgehead atoms. The Hall–Kier alpha value is -1.01. The van der Waals surface area contributed by atoms with Crippen molar-refractivity contribution in [1.82, 2.24) is 5.32 Å². The first-order valence-electron chi connectivity index (χ1n) is 6.76. The van der Waals surface area contributed by atoms with Gasteiger partial charge in [-0.2, -0.15) is 0 Å². The van der Waals surface area contributed by atoms with E-state index in [0.717, 1.165) is 24.9 Å². The first-order valence-corrected chi connectivity index (χ1v) is 8.42. The number of hydrogen-bond acceptors (Lipinski definition) is 3. The molecule has 6 heteroatoms. The largest absolute Gasteiger partial charge is 0.314 e. The molecule has 0 unspecified atom stereocenters. The number of rotatable bonds is 6. The summed E-state index contributed by atoms with van der Waals surface area (Å²) < 4.78 is 47.7. The Labute approximate surface area is 118 Å². The van der Waals surface area contributed by atoms with Crippen LogP contribution in [0.5, 0.6) is 0 Å². The Morgan fingerprint density at radius 2 is 1.85 bits per heavy atom. The second-order valence-electron chi connectivity index (χ2n) is 5.16. The molecule has 0 aliphatic heterocycles. The number of hydrogen-bond donors (Lipinski definition) is 1. The van der Waals surface area contributed by atoms with Gasteiger partial charge < -0.3 is 5.32 Å². The van der Waals surface area contributed by atoms with Crippen LogP contribution in [0.25, 0.3) is 0 Å². The van der Waals surface area contributed by atoms with Crippen LogP contribution in [0.3, 0.4) is 0 Å². The molecule has 0 amide bonds. The third-order valence-electron chi connectivity index (χ3n) is 3.69. The van der Waals surface area contributed by atoms with E-state index in [9.17, 15) is 17.2 Å². The summed E-state index contributed by atoms with van der Waals surface area (Å²) in [5.41, 5.74) is 1.08. The first-order chi connectivity index (χ1) is 9.42. The summed E-state index contributed by atoms with van der Waals surface area (Å²) in [5.74, 6) is -0.677. The van der Waals surface area contributed by atoms with E-state index < -0.39 is 22.0 Å². The molecule has 3 nitrogen and oxygen atoms in total. The number of sulfone groups is 1. The molecule has 0 spiro atoms. The maximum absolute atomic E-state index is 12.2. The molecular weight excluding hydrogens is 284 g/mol. The smallest absolute Gasteiger partial charge is 0.252 e. The van der Waals surface area contributed by atoms with Crippen LogP contribution in [-0.4, -0.2) is 33.2 Å². The summed E-state index contributed by atoms with van der Waals surface area (Å²) in [7, 11) is -3.87. The van der Waals surface area contributed by atoms with Crippen LogP contribution in [0.2, 0.25) is 0 Å². The third kappa shape index (κ3) is 3.55. The van der Waals surface area contributed by atoms with Crippen molar-refractivity contribution in [2.24, 2.45) is 0 Å². The van der Waals surface area contributed by atoms with E-state index in [2.05, 4.69) is 12.2 Å². The summed E-state index contributed by atoms with van der Waals surface area (Å²) in [6.07, 6.45) is -0.763. The van der Waals surface area contributed by atoms with Crippen molar-refractivity contribution in [2.75, 3.05) is 12.3 Å². The molecule has 1 aliphatic rings. The van der Waals surface area contributed by atoms with Crippen LogP contribution in [0, 0.1) is 0 Å². The van der Waals surface area contributed by atoms with Gasteiger partial charge in [0.05, 0.1) is 4.90 Å². The van der Waals surface area contributed by atoms with Gasteiger partial charge in [0.2, 0.25) is 0 Å². The van der Waals surface area contributed by atoms with Gasteiger partial charge in [-0.15, -0.1) is 0 Å². The fourth-order valence-corrected chi connectivity index (χ4v) is 3.63. The quantitative estimate of drug-likeness (QED) is 0.878. The Morgan fingerprint density at radius 1 is 1.25 bits per heavy atom. The van der Waals surface area contributed by atoms with Crippen molar-refractivity contribution < 1.29 is 17.2 Å². The van der Waals surface area contributed by atoms with Crippen LogP contribution < -0.4 is 5.32 Å². The average molecular weight is 303 g/mol. The molecule has 1 aromatic carbocycles. The molecule has 112 valence electrons. The molecule has 0 radical (unpaired) electrons. The van der Waals surface area contributed by atoms with Gasteiger partial charge in [-0.25, -0.2) is 17.2 Å². The molecule has 20 heavy (non-hydrogen) atoms. The lowest BCUT2D eigenvalue weighted by Crippen LogP contribution is -2.39. The molecule has 1 N–H and O–H groups in total. The molecule has 0 aromatic heterocycles. The maximum atomic E-state index is 12.2. The molecule has 0 atom stereocenters. The second-order valence-corrected chi connectivity index (χ2v) is 7.20. The van der Waals surface area contributed by atoms with Crippen LogP contribution >= 0.6 is 0 Å². The van der Waals surface area contributed by atoms with Gasteiger partial charge in [-0.05, 0) is 43.0 Å². The van der Waals surface area contributed by atoms with Gasteiger partial charge in [0, 0.05) is 6.04 Å². The number of nitrogens with one attached hydrogen (secondary N) is 1. The van der Waals surface area contributed by atoms with E-state index in [0.29, 0.717) is 12.0 Å². The summed E-state index contributed by atoms with van der Waals surface area (Å²) in [6.45, 7) is 3.01. The van der Waals surface area contributed by atoms with Crippen LogP contribution in [0.15, 0.2) is 29.2 Å². The molecule has 1 saturated carbocycles. The zero-order chi connectivity index (χ0) is 14.8. The third-order valence-corrected chi connectivity index (χ3v) is 5.37. The molecule has 1 aromatic rings. The topological polar surface area (TPSA) is 46.2 Å². The number of benzene rings is 1. The molecule has 1 fully saturated rings. The van der Waals surface area contributed by atoms with Crippen molar-refractivity contribution in [1.29, 1.82) is 0 Å². The number of alkyl halides is 2. The Bertz CT molecular complexity index is 537. The van der Waals surface area contributed by atoms with E-state index >= 15 is 0 Å². The van der Waals surface area contributed by atoms with Gasteiger partial charge in [-0.3, -0.25) is 0 Å². The minimum Gasteiger partial charge on any atom is -0.314 e. The average Bonchev–Trinajstić information content (AvgIpc) is 2.32. The van der Waals surface area contributed by atoms with Gasteiger partial charge in [0.1, 0.15) is 5.75 Å². The Kier molecular flexibility index (Phi) is 4.75. The van der Waals surface area contributed by atoms with Crippen molar-refractivity contribution >= 4 is 9.84 Å². The van der Waals surface area contributed by atoms with Crippen LogP contribution in [0.1, 0.15) is 31.2 Å². The van der Waals surface area contributed by atoms with E-state index in [1.165, 1.54) is 12.1 Å². The minimum atomic E-state index is -3.87. The Balaban J connectivity index is 2.01. The predicted molar refractivity (Wildman–Crippen MR) is 73.9 cm³/mol. The van der Waals surface area contributed by atoms with Crippen molar-refractivity contribution in [2.45, 2.75) is 43.0 Å². The molecule has 0 heterocycles. The molecular formula is C14H19F2NO2S. The number of halogens is 2. The highest BCUT2D eigenvalue weighted by atomic mass is 32.2. The van der Waals surface area contributed by atoms with Gasteiger partial charge in [0.25, 0.3) is 6.43 Å². The van der Waals surface area contributed by atoms with Gasteiger partial charge in [0.15, 0.2) is 9.84 Å². The lowest BCUT2D eigenvalue weighted by molar-refractivity contribution is 0.174. The predicted octanol–water partition coefficient (Wildman–Crippen LogP) is 2.58. The maximum Gasteiger partial charge on any atom is 0.252 e. The molecule has 2 rings (SSSR count). The fourth-order valence-electron chi connectivity index (χ4n) is 2.55. The van der Waals surface area contributed by atoms with Gasteiger partial charge >= 0.3 is 0 Å². The van der Waals surface area contributed by atoms with E-state index in [1.54, 1.807) is 12.1 Å². The van der Waals surface area contributed by atoms with Crippen LogP contribution in [-0.2, 0) is 9.84 Å². The van der Waals surface area contributed by atoms with E-state index in [1.807, 2.05) is 0 Å². The summed E-state index contributed by atoms with van der Waals surface area (Å²) in [6, 6.07) is 6.89. The zero-order valence-electron chi connectivity index (χ0n) is 11.4. The lowest BCUT2D eigenvalue weighted by Gasteiger charge is -2.36. The highest BCUT2D eigenvalue weighted by Gasteiger charge is 2.29. The standard InChI is InChI=1S/C14H19F2NO2S/c1-2-17-12-7-11(8-12)10-3-5-13(6-4-10)20(18,19)9-14(15)16/h3-6,11-12,14,17H,2,7-9H2,1H3. The van der Waals surface area contributed by atoms with E-state index in [-0.39, 0.29) is 4.90 Å². The highest BCUT2D eigenvalue weighted by Crippen LogP contribution is 2.37. The SMILES string of the molecule is CCNC1CC(c2ccc(S(=O)(=O)CC(F)F)cc2)C1. The molecule has 0 saturated heterocycles. The summed E-state index contributed by atoms with van der Waals surface area (Å²) >= 11 is 0. The van der Waals surface area contributed by atoms with E-state index in [4.69, 9.17) is 0 Å². The zero-order valence-corrected chi connectivity index (χ0v) is 12.2. The second kappa shape index (κ2) is 6.18. The Morgan fingerprint density at radius 3 is 2.35 bits per heavy atom. The highest BCUT2D eigenvalue weighted by molar-refractivity contribution is 7.91. The van der Waals surface area contributed by atoms with Crippen molar-refractivity contribution in [3.63, 3.8) is 0 Å². The monoisotopic (exact) mass is 303 g/mol. The van der Waals surface area contributed by atoms with Crippen LogP contribution in [0.4, 0.5) is 8.78 Å². The van der Waals surface area contributed by atoms with Crippen molar-refractivity contribution in [3.05, 3.63) is 29.8 Å².